The summed E-state index contributed by atoms with van der Waals surface area (Å²) < 4.78 is 4.84. The van der Waals surface area contributed by atoms with Gasteiger partial charge in [0.1, 0.15) is 0 Å². The highest BCUT2D eigenvalue weighted by atomic mass is 15.2. The first-order chi connectivity index (χ1) is 32.3. The molecule has 0 atom stereocenters. The third kappa shape index (κ3) is 16.0. The fourth-order valence-corrected chi connectivity index (χ4v) is 9.56. The summed E-state index contributed by atoms with van der Waals surface area (Å²) in [6.07, 6.45) is 9.22. The Kier molecular flexibility index (Phi) is 20.2. The van der Waals surface area contributed by atoms with E-state index in [4.69, 9.17) is 0 Å². The molecule has 4 aromatic rings. The molecule has 0 spiro atoms. The Labute approximate surface area is 415 Å². The minimum absolute atomic E-state index is 0.581. The van der Waals surface area contributed by atoms with Crippen molar-refractivity contribution in [3.05, 3.63) is 121 Å². The van der Waals surface area contributed by atoms with Crippen LogP contribution in [0, 0.1) is 47.3 Å². The van der Waals surface area contributed by atoms with Gasteiger partial charge in [-0.1, -0.05) is 111 Å². The Balaban J connectivity index is 1.66. The van der Waals surface area contributed by atoms with Gasteiger partial charge >= 0.3 is 0 Å². The minimum atomic E-state index is 0.581. The fourth-order valence-electron chi connectivity index (χ4n) is 9.56. The highest BCUT2D eigenvalue weighted by Crippen LogP contribution is 2.31. The Morgan fingerprint density at radius 3 is 0.529 bits per heavy atom. The van der Waals surface area contributed by atoms with Gasteiger partial charge in [0.2, 0.25) is 34.2 Å². The number of nitrogens with zero attached hydrogens (tertiary/aromatic N) is 6. The summed E-state index contributed by atoms with van der Waals surface area (Å²) >= 11 is 0. The summed E-state index contributed by atoms with van der Waals surface area (Å²) in [5, 5.41) is 0. The molecule has 0 amide bonds. The number of benzene rings is 4. The quantitative estimate of drug-likeness (QED) is 0.0515. The molecule has 0 aliphatic heterocycles. The van der Waals surface area contributed by atoms with Gasteiger partial charge in [0.05, 0.1) is 0 Å². The van der Waals surface area contributed by atoms with Gasteiger partial charge in [-0.2, -0.15) is 9.15 Å². The van der Waals surface area contributed by atoms with Crippen LogP contribution in [0.2, 0.25) is 0 Å². The molecule has 6 nitrogen and oxygen atoms in total. The van der Waals surface area contributed by atoms with Crippen LogP contribution >= 0.6 is 0 Å². The van der Waals surface area contributed by atoms with Crippen LogP contribution in [0.25, 0.3) is 0 Å². The summed E-state index contributed by atoms with van der Waals surface area (Å²) in [6, 6.07) is 37.1. The van der Waals surface area contributed by atoms with Gasteiger partial charge in [-0.25, -0.2) is 0 Å². The third-order valence-corrected chi connectivity index (χ3v) is 11.9. The summed E-state index contributed by atoms with van der Waals surface area (Å²) in [5.74, 6) is 4.65. The van der Waals surface area contributed by atoms with E-state index < -0.39 is 0 Å². The van der Waals surface area contributed by atoms with Crippen molar-refractivity contribution in [2.45, 2.75) is 111 Å². The highest BCUT2D eigenvalue weighted by Gasteiger charge is 2.26. The Morgan fingerprint density at radius 1 is 0.250 bits per heavy atom. The first-order valence-electron chi connectivity index (χ1n) is 26.4. The normalized spacial score (nSPS) is 12.9. The monoisotopic (exact) mass is 921 g/mol. The number of hydrogen-bond acceptors (Lipinski definition) is 4. The maximum absolute atomic E-state index is 2.55. The molecule has 4 aromatic carbocycles. The van der Waals surface area contributed by atoms with E-state index in [9.17, 15) is 0 Å². The van der Waals surface area contributed by atoms with Crippen LogP contribution in [0.4, 0.5) is 45.5 Å². The number of rotatable bonds is 24. The van der Waals surface area contributed by atoms with Crippen molar-refractivity contribution in [2.24, 2.45) is 47.3 Å². The van der Waals surface area contributed by atoms with Crippen molar-refractivity contribution in [1.29, 1.82) is 0 Å². The molecular weight excluding hydrogens is 829 g/mol. The molecule has 6 heteroatoms. The van der Waals surface area contributed by atoms with E-state index in [0.29, 0.717) is 47.3 Å². The maximum Gasteiger partial charge on any atom is 0.212 e. The molecule has 68 heavy (non-hydrogen) atoms. The SMILES string of the molecule is CC(C)CN(CC(C)C)c1ccc([N+](=C2C=CC(=[N+](c3ccc(N(CC(C)C)CC(C)C)cc3)c3ccc(N(CC(C)C)CC(C)C)cc3)C=C2)c2ccc(N(CC(C)C)CC(C)C)cc2)cc1. The van der Waals surface area contributed by atoms with Crippen LogP contribution in [0.5, 0.6) is 0 Å². The lowest BCUT2D eigenvalue weighted by Crippen LogP contribution is -2.31. The molecule has 0 saturated carbocycles. The second kappa shape index (κ2) is 25.5. The van der Waals surface area contributed by atoms with Crippen LogP contribution in [0.15, 0.2) is 121 Å². The van der Waals surface area contributed by atoms with Gasteiger partial charge in [0.15, 0.2) is 0 Å². The molecule has 5 rings (SSSR count). The zero-order chi connectivity index (χ0) is 49.7. The van der Waals surface area contributed by atoms with Crippen LogP contribution in [-0.2, 0) is 0 Å². The standard InChI is InChI=1S/C62H92N6/c1-45(2)37-63(38-46(3)4)53-17-25-57(26-18-53)67(58-27-19-54(20-28-58)64(39-47(5)6)40-48(7)8)61-33-35-62(36-34-61)68(59-29-21-55(22-30-59)65(41-49(9)10)42-50(11)12)60-31-23-56(24-32-60)66(43-51(13)14)44-52(15)16/h17-36,45-52H,37-44H2,1-16H3/q+2. The predicted molar refractivity (Wildman–Crippen MR) is 305 cm³/mol. The van der Waals surface area contributed by atoms with E-state index in [1.165, 1.54) is 22.7 Å². The van der Waals surface area contributed by atoms with Gasteiger partial charge < -0.3 is 19.6 Å². The summed E-state index contributed by atoms with van der Waals surface area (Å²) in [5.41, 5.74) is 11.9. The molecule has 0 heterocycles. The second-order valence-corrected chi connectivity index (χ2v) is 23.0. The van der Waals surface area contributed by atoms with E-state index in [-0.39, 0.29) is 0 Å². The smallest absolute Gasteiger partial charge is 0.212 e. The van der Waals surface area contributed by atoms with Gasteiger partial charge in [0.25, 0.3) is 0 Å². The maximum atomic E-state index is 2.55. The third-order valence-electron chi connectivity index (χ3n) is 11.9. The van der Waals surface area contributed by atoms with E-state index in [2.05, 4.69) is 261 Å². The lowest BCUT2D eigenvalue weighted by Gasteiger charge is -2.29. The molecule has 0 unspecified atom stereocenters. The van der Waals surface area contributed by atoms with Crippen LogP contribution in [0.3, 0.4) is 0 Å². The largest absolute Gasteiger partial charge is 0.371 e. The minimum Gasteiger partial charge on any atom is -0.371 e. The van der Waals surface area contributed by atoms with Gasteiger partial charge in [-0.15, -0.1) is 0 Å². The van der Waals surface area contributed by atoms with Crippen molar-refractivity contribution in [2.75, 3.05) is 72.0 Å². The zero-order valence-corrected chi connectivity index (χ0v) is 45.5. The molecular formula is C62H92N6+2. The Morgan fingerprint density at radius 2 is 0.397 bits per heavy atom. The van der Waals surface area contributed by atoms with Crippen molar-refractivity contribution < 1.29 is 0 Å². The number of hydrogen-bond donors (Lipinski definition) is 0. The van der Waals surface area contributed by atoms with Crippen molar-refractivity contribution in [3.8, 4) is 0 Å². The van der Waals surface area contributed by atoms with E-state index in [1.54, 1.807) is 0 Å². The Bertz CT molecular complexity index is 1890. The first-order valence-corrected chi connectivity index (χ1v) is 26.4. The number of anilines is 4. The van der Waals surface area contributed by atoms with Crippen molar-refractivity contribution in [1.82, 2.24) is 9.15 Å². The first kappa shape index (κ1) is 53.8. The van der Waals surface area contributed by atoms with E-state index in [1.807, 2.05) is 0 Å². The van der Waals surface area contributed by atoms with Crippen LogP contribution < -0.4 is 28.8 Å². The molecule has 0 aromatic heterocycles. The molecule has 1 aliphatic rings. The van der Waals surface area contributed by atoms with E-state index >= 15 is 0 Å². The molecule has 1 aliphatic carbocycles. The molecule has 0 bridgehead atoms. The highest BCUT2D eigenvalue weighted by molar-refractivity contribution is 6.20. The molecule has 0 fully saturated rings. The zero-order valence-electron chi connectivity index (χ0n) is 45.5. The summed E-state index contributed by atoms with van der Waals surface area (Å²) in [6.45, 7) is 45.4. The van der Waals surface area contributed by atoms with Crippen LogP contribution in [-0.4, -0.2) is 63.8 Å². The van der Waals surface area contributed by atoms with Gasteiger partial charge in [0, 0.05) is 148 Å². The molecule has 0 saturated heterocycles. The van der Waals surface area contributed by atoms with Gasteiger partial charge in [-0.05, 0) is 95.9 Å². The van der Waals surface area contributed by atoms with Gasteiger partial charge in [-0.3, -0.25) is 0 Å². The van der Waals surface area contributed by atoms with E-state index in [0.717, 1.165) is 86.5 Å². The second-order valence-electron chi connectivity index (χ2n) is 23.0. The van der Waals surface area contributed by atoms with Crippen molar-refractivity contribution in [3.63, 3.8) is 0 Å². The summed E-state index contributed by atoms with van der Waals surface area (Å²) in [7, 11) is 0. The topological polar surface area (TPSA) is 19.0 Å². The number of allylic oxidation sites excluding steroid dienone is 4. The average Bonchev–Trinajstić information content (AvgIpc) is 3.26. The molecule has 368 valence electrons. The lowest BCUT2D eigenvalue weighted by molar-refractivity contribution is 0.552. The van der Waals surface area contributed by atoms with Crippen molar-refractivity contribution >= 4 is 56.9 Å². The average molecular weight is 921 g/mol. The fraction of sp³-hybridized carbons (Fsp3) is 0.516. The summed E-state index contributed by atoms with van der Waals surface area (Å²) in [4.78, 5) is 10.2. The van der Waals surface area contributed by atoms with Crippen LogP contribution in [0.1, 0.15) is 111 Å². The molecule has 0 radical (unpaired) electrons. The Hall–Kier alpha value is -5.10. The lowest BCUT2D eigenvalue weighted by atomic mass is 10.1. The predicted octanol–water partition coefficient (Wildman–Crippen LogP) is 15.5. The molecule has 0 N–H and O–H groups in total.